The van der Waals surface area contributed by atoms with Crippen molar-refractivity contribution in [2.24, 2.45) is 0 Å². The van der Waals surface area contributed by atoms with Crippen molar-refractivity contribution in [2.75, 3.05) is 0 Å². The van der Waals surface area contributed by atoms with E-state index in [4.69, 9.17) is 0 Å². The molecule has 2 nitrogen and oxygen atoms in total. The van der Waals surface area contributed by atoms with Crippen molar-refractivity contribution in [3.63, 3.8) is 0 Å². The van der Waals surface area contributed by atoms with E-state index >= 15 is 0 Å². The first-order valence-electron chi connectivity index (χ1n) is 17.2. The average molecular weight is 637 g/mol. The van der Waals surface area contributed by atoms with Crippen molar-refractivity contribution in [1.29, 1.82) is 0 Å². The first-order valence-corrected chi connectivity index (χ1v) is 17.2. The summed E-state index contributed by atoms with van der Waals surface area (Å²) < 4.78 is 4.85. The highest BCUT2D eigenvalue weighted by Crippen LogP contribution is 2.41. The van der Waals surface area contributed by atoms with Crippen LogP contribution in [0.5, 0.6) is 0 Å². The Balaban J connectivity index is 1.25. The molecular weight excluding hydrogens is 605 g/mol. The van der Waals surface area contributed by atoms with E-state index in [1.54, 1.807) is 0 Å². The van der Waals surface area contributed by atoms with Crippen molar-refractivity contribution < 1.29 is 0 Å². The number of fused-ring (bicyclic) bond motifs is 6. The number of hydrogen-bond acceptors (Lipinski definition) is 0. The Labute approximate surface area is 290 Å². The molecule has 10 rings (SSSR count). The number of para-hydroxylation sites is 3. The summed E-state index contributed by atoms with van der Waals surface area (Å²) in [5.74, 6) is 0. The van der Waals surface area contributed by atoms with Crippen molar-refractivity contribution >= 4 is 43.6 Å². The summed E-state index contributed by atoms with van der Waals surface area (Å²) in [7, 11) is 0. The van der Waals surface area contributed by atoms with Gasteiger partial charge in [0.15, 0.2) is 0 Å². The summed E-state index contributed by atoms with van der Waals surface area (Å²) in [6.45, 7) is 0. The highest BCUT2D eigenvalue weighted by molar-refractivity contribution is 6.16. The molecule has 0 aliphatic heterocycles. The zero-order valence-corrected chi connectivity index (χ0v) is 27.4. The molecule has 0 aliphatic carbocycles. The topological polar surface area (TPSA) is 9.86 Å². The first kappa shape index (κ1) is 28.4. The fraction of sp³-hybridized carbons (Fsp3) is 0. The minimum Gasteiger partial charge on any atom is -0.309 e. The summed E-state index contributed by atoms with van der Waals surface area (Å²) in [5, 5.41) is 4.99. The zero-order chi connectivity index (χ0) is 33.0. The zero-order valence-electron chi connectivity index (χ0n) is 27.4. The molecule has 0 fully saturated rings. The van der Waals surface area contributed by atoms with Crippen molar-refractivity contribution in [2.45, 2.75) is 0 Å². The fourth-order valence-electron chi connectivity index (χ4n) is 7.83. The Bertz CT molecular complexity index is 2840. The van der Waals surface area contributed by atoms with Gasteiger partial charge in [-0.2, -0.15) is 0 Å². The van der Waals surface area contributed by atoms with E-state index < -0.39 is 0 Å². The Morgan fingerprint density at radius 1 is 0.260 bits per heavy atom. The van der Waals surface area contributed by atoms with Gasteiger partial charge >= 0.3 is 0 Å². The van der Waals surface area contributed by atoms with E-state index in [2.05, 4.69) is 203 Å². The third kappa shape index (κ3) is 4.50. The lowest BCUT2D eigenvalue weighted by Crippen LogP contribution is -1.96. The van der Waals surface area contributed by atoms with Crippen LogP contribution in [0.1, 0.15) is 0 Å². The van der Waals surface area contributed by atoms with Gasteiger partial charge in [-0.05, 0) is 82.4 Å². The summed E-state index contributed by atoms with van der Waals surface area (Å²) in [4.78, 5) is 0. The molecule has 0 aliphatic rings. The van der Waals surface area contributed by atoms with E-state index in [-0.39, 0.29) is 0 Å². The molecule has 0 N–H and O–H groups in total. The van der Waals surface area contributed by atoms with Gasteiger partial charge in [-0.1, -0.05) is 140 Å². The van der Waals surface area contributed by atoms with E-state index in [0.29, 0.717) is 0 Å². The predicted molar refractivity (Wildman–Crippen MR) is 211 cm³/mol. The van der Waals surface area contributed by atoms with E-state index in [1.165, 1.54) is 77.0 Å². The van der Waals surface area contributed by atoms with Crippen molar-refractivity contribution in [3.05, 3.63) is 194 Å². The molecule has 234 valence electrons. The molecular formula is C48H32N2. The van der Waals surface area contributed by atoms with Gasteiger partial charge in [0.2, 0.25) is 0 Å². The van der Waals surface area contributed by atoms with E-state index in [1.807, 2.05) is 0 Å². The lowest BCUT2D eigenvalue weighted by atomic mass is 9.98. The molecule has 0 unspecified atom stereocenters. The summed E-state index contributed by atoms with van der Waals surface area (Å²) in [6.07, 6.45) is 0. The molecule has 0 saturated heterocycles. The largest absolute Gasteiger partial charge is 0.309 e. The monoisotopic (exact) mass is 636 g/mol. The van der Waals surface area contributed by atoms with Crippen LogP contribution in [0.2, 0.25) is 0 Å². The maximum absolute atomic E-state index is 2.46. The summed E-state index contributed by atoms with van der Waals surface area (Å²) in [6, 6.07) is 70.4. The maximum Gasteiger partial charge on any atom is 0.0619 e. The Kier molecular flexibility index (Phi) is 6.53. The smallest absolute Gasteiger partial charge is 0.0619 e. The number of aromatic nitrogens is 2. The normalized spacial score (nSPS) is 11.6. The van der Waals surface area contributed by atoms with E-state index in [9.17, 15) is 0 Å². The van der Waals surface area contributed by atoms with Crippen LogP contribution >= 0.6 is 0 Å². The van der Waals surface area contributed by atoms with Gasteiger partial charge in [0.05, 0.1) is 22.1 Å². The highest BCUT2D eigenvalue weighted by atomic mass is 15.0. The second-order valence-corrected chi connectivity index (χ2v) is 13.0. The molecule has 0 amide bonds. The SMILES string of the molecule is c1ccc(-c2cccc(-n3c4ccccc4c4cccc(-c5ccc6c(c5)c5cc(-c7ccccc7)ccc5n6-c5ccccc5)c43)c2)cc1. The Hall–Kier alpha value is -6.64. The number of benzene rings is 8. The summed E-state index contributed by atoms with van der Waals surface area (Å²) in [5.41, 5.74) is 14.4. The van der Waals surface area contributed by atoms with Gasteiger partial charge in [-0.15, -0.1) is 0 Å². The van der Waals surface area contributed by atoms with Crippen LogP contribution in [0.25, 0.3) is 88.4 Å². The fourth-order valence-corrected chi connectivity index (χ4v) is 7.83. The molecule has 0 atom stereocenters. The molecule has 50 heavy (non-hydrogen) atoms. The molecule has 0 bridgehead atoms. The van der Waals surface area contributed by atoms with Crippen LogP contribution < -0.4 is 0 Å². The minimum absolute atomic E-state index is 1.15. The maximum atomic E-state index is 2.46. The lowest BCUT2D eigenvalue weighted by Gasteiger charge is -2.13. The van der Waals surface area contributed by atoms with Gasteiger partial charge in [0.1, 0.15) is 0 Å². The second kappa shape index (κ2) is 11.5. The second-order valence-electron chi connectivity index (χ2n) is 13.0. The Morgan fingerprint density at radius 3 is 1.48 bits per heavy atom. The number of nitrogens with zero attached hydrogens (tertiary/aromatic N) is 2. The van der Waals surface area contributed by atoms with Gasteiger partial charge in [-0.3, -0.25) is 0 Å². The Morgan fingerprint density at radius 2 is 0.760 bits per heavy atom. The molecule has 0 radical (unpaired) electrons. The number of rotatable bonds is 5. The molecule has 8 aromatic carbocycles. The van der Waals surface area contributed by atoms with Crippen LogP contribution in [-0.2, 0) is 0 Å². The molecule has 0 saturated carbocycles. The summed E-state index contributed by atoms with van der Waals surface area (Å²) >= 11 is 0. The van der Waals surface area contributed by atoms with Gasteiger partial charge in [-0.25, -0.2) is 0 Å². The van der Waals surface area contributed by atoms with Crippen molar-refractivity contribution in [1.82, 2.24) is 9.13 Å². The van der Waals surface area contributed by atoms with Crippen LogP contribution in [0.3, 0.4) is 0 Å². The average Bonchev–Trinajstić information content (AvgIpc) is 3.71. The van der Waals surface area contributed by atoms with Crippen LogP contribution in [-0.4, -0.2) is 9.13 Å². The number of hydrogen-bond donors (Lipinski definition) is 0. The van der Waals surface area contributed by atoms with Crippen LogP contribution in [0.4, 0.5) is 0 Å². The van der Waals surface area contributed by atoms with Gasteiger partial charge < -0.3 is 9.13 Å². The quantitative estimate of drug-likeness (QED) is 0.178. The van der Waals surface area contributed by atoms with Crippen LogP contribution in [0, 0.1) is 0 Å². The third-order valence-electron chi connectivity index (χ3n) is 10.1. The lowest BCUT2D eigenvalue weighted by molar-refractivity contribution is 1.18. The van der Waals surface area contributed by atoms with Gasteiger partial charge in [0, 0.05) is 38.5 Å². The van der Waals surface area contributed by atoms with Crippen LogP contribution in [0.15, 0.2) is 194 Å². The highest BCUT2D eigenvalue weighted by Gasteiger charge is 2.19. The first-order chi connectivity index (χ1) is 24.8. The van der Waals surface area contributed by atoms with E-state index in [0.717, 1.165) is 11.4 Å². The minimum atomic E-state index is 1.15. The molecule has 2 heteroatoms. The molecule has 10 aromatic rings. The standard InChI is InChI=1S/C48H32N2/c1-4-14-33(15-5-1)35-18-12-21-39(30-35)50-45-25-11-10-22-41(45)42-24-13-23-40(48(42)50)37-27-29-47-44(32-37)43-31-36(34-16-6-2-7-17-34)26-28-46(43)49(47)38-19-8-3-9-20-38/h1-32H. The van der Waals surface area contributed by atoms with Gasteiger partial charge in [0.25, 0.3) is 0 Å². The van der Waals surface area contributed by atoms with Crippen molar-refractivity contribution in [3.8, 4) is 44.8 Å². The molecule has 2 aromatic heterocycles. The predicted octanol–water partition coefficient (Wildman–Crippen LogP) is 12.9. The third-order valence-corrected chi connectivity index (χ3v) is 10.1. The molecule has 2 heterocycles. The molecule has 0 spiro atoms.